The molecule has 9 nitrogen and oxygen atoms in total. The predicted octanol–water partition coefficient (Wildman–Crippen LogP) is 5.52. The molecule has 3 aromatic carbocycles. The van der Waals surface area contributed by atoms with Crippen molar-refractivity contribution < 1.29 is 24.1 Å². The number of benzene rings is 3. The number of ether oxygens (including phenoxy) is 1. The molecule has 1 amide bonds. The number of rotatable bonds is 9. The Kier molecular flexibility index (Phi) is 8.92. The molecule has 0 radical (unpaired) electrons. The SMILES string of the molecule is CCN1CCN(C(=O)[C@@H](O)C(O)c2ccc3c(c2)sc2ncnc(Nc4ccc(OCc5cccc(F)c5)c(Cl)c4)c23)CC1. The van der Waals surface area contributed by atoms with E-state index in [1.807, 2.05) is 12.1 Å². The Balaban J connectivity index is 1.19. The third-order valence-electron chi connectivity index (χ3n) is 7.80. The minimum Gasteiger partial charge on any atom is -0.487 e. The minimum absolute atomic E-state index is 0.176. The first kappa shape index (κ1) is 30.2. The van der Waals surface area contributed by atoms with Crippen LogP contribution in [-0.4, -0.2) is 74.7 Å². The van der Waals surface area contributed by atoms with Gasteiger partial charge in [-0.15, -0.1) is 11.3 Å². The zero-order valence-electron chi connectivity index (χ0n) is 23.9. The number of nitrogens with one attached hydrogen (secondary N) is 1. The Morgan fingerprint density at radius 3 is 2.66 bits per heavy atom. The average molecular weight is 636 g/mol. The quantitative estimate of drug-likeness (QED) is 0.194. The van der Waals surface area contributed by atoms with Gasteiger partial charge in [0.1, 0.15) is 41.3 Å². The second-order valence-corrected chi connectivity index (χ2v) is 12.0. The molecular formula is C32H31ClFN5O4S. The third-order valence-corrected chi connectivity index (χ3v) is 9.15. The smallest absolute Gasteiger partial charge is 0.254 e. The van der Waals surface area contributed by atoms with Crippen molar-refractivity contribution in [1.82, 2.24) is 19.8 Å². The number of piperazine rings is 1. The minimum atomic E-state index is -1.56. The number of anilines is 2. The van der Waals surface area contributed by atoms with Gasteiger partial charge in [0.05, 0.1) is 10.4 Å². The van der Waals surface area contributed by atoms with E-state index in [-0.39, 0.29) is 12.4 Å². The molecule has 1 unspecified atom stereocenters. The summed E-state index contributed by atoms with van der Waals surface area (Å²) in [6.45, 7) is 5.71. The Hall–Kier alpha value is -3.87. The number of carbonyl (C=O) groups excluding carboxylic acids is 1. The van der Waals surface area contributed by atoms with E-state index in [0.29, 0.717) is 46.5 Å². The molecule has 1 saturated heterocycles. The lowest BCUT2D eigenvalue weighted by atomic mass is 10.0. The number of hydrogen-bond acceptors (Lipinski definition) is 9. The van der Waals surface area contributed by atoms with Gasteiger partial charge < -0.3 is 30.1 Å². The van der Waals surface area contributed by atoms with Crippen molar-refractivity contribution in [3.63, 3.8) is 0 Å². The van der Waals surface area contributed by atoms with Gasteiger partial charge in [-0.25, -0.2) is 14.4 Å². The maximum absolute atomic E-state index is 13.5. The number of aromatic nitrogens is 2. The van der Waals surface area contributed by atoms with Gasteiger partial charge in [-0.1, -0.05) is 42.8 Å². The molecule has 6 rings (SSSR count). The lowest BCUT2D eigenvalue weighted by Gasteiger charge is -2.35. The van der Waals surface area contributed by atoms with E-state index in [0.717, 1.165) is 39.9 Å². The van der Waals surface area contributed by atoms with Gasteiger partial charge in [-0.2, -0.15) is 0 Å². The summed E-state index contributed by atoms with van der Waals surface area (Å²) >= 11 is 7.92. The molecule has 3 heterocycles. The molecule has 1 aliphatic rings. The second kappa shape index (κ2) is 13.0. The molecule has 0 aliphatic carbocycles. The Bertz CT molecular complexity index is 1810. The normalized spacial score (nSPS) is 15.4. The van der Waals surface area contributed by atoms with Crippen molar-refractivity contribution >= 4 is 60.7 Å². The van der Waals surface area contributed by atoms with Gasteiger partial charge in [-0.05, 0) is 54.1 Å². The van der Waals surface area contributed by atoms with Crippen molar-refractivity contribution in [3.05, 3.63) is 89.0 Å². The van der Waals surface area contributed by atoms with Crippen molar-refractivity contribution in [2.45, 2.75) is 25.7 Å². The van der Waals surface area contributed by atoms with Gasteiger partial charge in [0.2, 0.25) is 0 Å². The van der Waals surface area contributed by atoms with E-state index >= 15 is 0 Å². The van der Waals surface area contributed by atoms with E-state index in [4.69, 9.17) is 16.3 Å². The van der Waals surface area contributed by atoms with Crippen LogP contribution < -0.4 is 10.1 Å². The number of aliphatic hydroxyl groups is 2. The van der Waals surface area contributed by atoms with Gasteiger partial charge in [0, 0.05) is 42.0 Å². The van der Waals surface area contributed by atoms with Crippen LogP contribution in [-0.2, 0) is 11.4 Å². The monoisotopic (exact) mass is 635 g/mol. The Morgan fingerprint density at radius 2 is 1.91 bits per heavy atom. The fraction of sp³-hybridized carbons (Fsp3) is 0.281. The van der Waals surface area contributed by atoms with E-state index in [2.05, 4.69) is 27.1 Å². The lowest BCUT2D eigenvalue weighted by Crippen LogP contribution is -2.52. The van der Waals surface area contributed by atoms with Crippen LogP contribution in [0, 0.1) is 5.82 Å². The van der Waals surface area contributed by atoms with Gasteiger partial charge in [-0.3, -0.25) is 4.79 Å². The number of halogens is 2. The number of nitrogens with zero attached hydrogens (tertiary/aromatic N) is 4. The summed E-state index contributed by atoms with van der Waals surface area (Å²) in [4.78, 5) is 26.4. The first-order valence-corrected chi connectivity index (χ1v) is 15.5. The largest absolute Gasteiger partial charge is 0.487 e. The van der Waals surface area contributed by atoms with Crippen LogP contribution in [0.25, 0.3) is 20.3 Å². The highest BCUT2D eigenvalue weighted by Gasteiger charge is 2.31. The fourth-order valence-corrected chi connectivity index (χ4v) is 6.64. The standard InChI is InChI=1S/C32H31ClFN5O4S/c1-2-38-10-12-39(13-11-38)32(42)29(41)28(40)20-6-8-23-26(15-20)44-31-27(23)30(35-18-36-31)37-22-7-9-25(24(33)16-22)43-17-19-4-3-5-21(34)14-19/h3-9,14-16,18,28-29,40-41H,2,10-13,17H2,1H3,(H,35,36,37)/t28?,29-/m0/s1. The predicted molar refractivity (Wildman–Crippen MR) is 170 cm³/mol. The Morgan fingerprint density at radius 1 is 1.09 bits per heavy atom. The van der Waals surface area contributed by atoms with Crippen LogP contribution in [0.4, 0.5) is 15.9 Å². The van der Waals surface area contributed by atoms with Crippen LogP contribution in [0.5, 0.6) is 5.75 Å². The van der Waals surface area contributed by atoms with Crippen LogP contribution in [0.2, 0.25) is 5.02 Å². The summed E-state index contributed by atoms with van der Waals surface area (Å²) in [6.07, 6.45) is -1.46. The molecule has 44 heavy (non-hydrogen) atoms. The summed E-state index contributed by atoms with van der Waals surface area (Å²) in [7, 11) is 0. The summed E-state index contributed by atoms with van der Waals surface area (Å²) in [5.74, 6) is 0.238. The maximum Gasteiger partial charge on any atom is 0.254 e. The van der Waals surface area contributed by atoms with Gasteiger partial charge in [0.25, 0.3) is 5.91 Å². The highest BCUT2D eigenvalue weighted by atomic mass is 35.5. The van der Waals surface area contributed by atoms with E-state index < -0.39 is 18.1 Å². The molecule has 0 spiro atoms. The maximum atomic E-state index is 13.5. The first-order valence-electron chi connectivity index (χ1n) is 14.3. The summed E-state index contributed by atoms with van der Waals surface area (Å²) in [6, 6.07) is 16.8. The molecule has 228 valence electrons. The summed E-state index contributed by atoms with van der Waals surface area (Å²) in [5, 5.41) is 27.1. The van der Waals surface area contributed by atoms with Crippen LogP contribution in [0.3, 0.4) is 0 Å². The molecule has 3 N–H and O–H groups in total. The average Bonchev–Trinajstić information content (AvgIpc) is 3.42. The van der Waals surface area contributed by atoms with Gasteiger partial charge >= 0.3 is 0 Å². The van der Waals surface area contributed by atoms with E-state index in [9.17, 15) is 19.4 Å². The molecule has 1 aliphatic heterocycles. The molecule has 0 saturated carbocycles. The summed E-state index contributed by atoms with van der Waals surface area (Å²) in [5.41, 5.74) is 1.82. The highest BCUT2D eigenvalue weighted by Crippen LogP contribution is 2.39. The number of fused-ring (bicyclic) bond motifs is 3. The number of thiophene rings is 1. The first-order chi connectivity index (χ1) is 21.3. The van der Waals surface area contributed by atoms with Crippen LogP contribution in [0.15, 0.2) is 67.0 Å². The van der Waals surface area contributed by atoms with E-state index in [1.165, 1.54) is 29.8 Å². The highest BCUT2D eigenvalue weighted by molar-refractivity contribution is 7.25. The number of amides is 1. The van der Waals surface area contributed by atoms with E-state index in [1.54, 1.807) is 41.3 Å². The molecule has 1 fully saturated rings. The summed E-state index contributed by atoms with van der Waals surface area (Å²) < 4.78 is 20.1. The molecule has 2 atom stereocenters. The van der Waals surface area contributed by atoms with Crippen molar-refractivity contribution in [3.8, 4) is 5.75 Å². The van der Waals surface area contributed by atoms with Crippen LogP contribution >= 0.6 is 22.9 Å². The molecular weight excluding hydrogens is 605 g/mol. The molecule has 5 aromatic rings. The fourth-order valence-electron chi connectivity index (χ4n) is 5.31. The molecule has 0 bridgehead atoms. The number of hydrogen-bond donors (Lipinski definition) is 3. The third kappa shape index (κ3) is 6.33. The zero-order chi connectivity index (χ0) is 30.8. The number of aliphatic hydroxyl groups excluding tert-OH is 2. The number of carbonyl (C=O) groups is 1. The van der Waals surface area contributed by atoms with Crippen LogP contribution in [0.1, 0.15) is 24.2 Å². The molecule has 12 heteroatoms. The van der Waals surface area contributed by atoms with Crippen molar-refractivity contribution in [2.75, 3.05) is 38.0 Å². The van der Waals surface area contributed by atoms with Crippen molar-refractivity contribution in [2.24, 2.45) is 0 Å². The lowest BCUT2D eigenvalue weighted by molar-refractivity contribution is -0.148. The topological polar surface area (TPSA) is 111 Å². The molecule has 2 aromatic heterocycles. The Labute approximate surface area is 262 Å². The van der Waals surface area contributed by atoms with Gasteiger partial charge in [0.15, 0.2) is 6.10 Å². The van der Waals surface area contributed by atoms with Crippen molar-refractivity contribution in [1.29, 1.82) is 0 Å². The number of likely N-dealkylation sites (N-methyl/N-ethyl adjacent to an activating group) is 1. The zero-order valence-corrected chi connectivity index (χ0v) is 25.5. The second-order valence-electron chi connectivity index (χ2n) is 10.6.